The van der Waals surface area contributed by atoms with Crippen molar-refractivity contribution in [1.29, 1.82) is 0 Å². The molecule has 2 aromatic rings. The zero-order valence-corrected chi connectivity index (χ0v) is 17.6. The summed E-state index contributed by atoms with van der Waals surface area (Å²) in [6.07, 6.45) is 2.34. The Kier molecular flexibility index (Phi) is 8.48. The number of nitrogens with one attached hydrogen (secondary N) is 2. The molecule has 0 aliphatic heterocycles. The maximum Gasteiger partial charge on any atom is 0.270 e. The summed E-state index contributed by atoms with van der Waals surface area (Å²) in [5.74, 6) is -0.183. The number of hydrogen-bond acceptors (Lipinski definition) is 5. The number of rotatable bonds is 9. The summed E-state index contributed by atoms with van der Waals surface area (Å²) in [5, 5.41) is 17.1. The maximum atomic E-state index is 12.8. The zero-order valence-electron chi connectivity index (χ0n) is 16.1. The van der Waals surface area contributed by atoms with Gasteiger partial charge in [-0.25, -0.2) is 0 Å². The van der Waals surface area contributed by atoms with Gasteiger partial charge in [0.1, 0.15) is 6.04 Å². The second-order valence-corrected chi connectivity index (χ2v) is 7.82. The maximum absolute atomic E-state index is 12.8. The van der Waals surface area contributed by atoms with Crippen molar-refractivity contribution in [3.05, 3.63) is 74.8 Å². The molecular weight excluding hydrogens is 414 g/mol. The molecule has 0 aliphatic rings. The first-order valence-electron chi connectivity index (χ1n) is 8.92. The van der Waals surface area contributed by atoms with Crippen LogP contribution in [0, 0.1) is 10.1 Å². The van der Waals surface area contributed by atoms with E-state index in [0.717, 1.165) is 5.56 Å². The van der Waals surface area contributed by atoms with Crippen molar-refractivity contribution in [3.8, 4) is 0 Å². The Morgan fingerprint density at radius 1 is 1.17 bits per heavy atom. The molecule has 0 bridgehead atoms. The Balaban J connectivity index is 2.10. The highest BCUT2D eigenvalue weighted by Crippen LogP contribution is 2.17. The third-order valence-electron chi connectivity index (χ3n) is 4.28. The van der Waals surface area contributed by atoms with Crippen LogP contribution in [0.2, 0.25) is 5.02 Å². The lowest BCUT2D eigenvalue weighted by Crippen LogP contribution is -2.47. The molecule has 2 N–H and O–H groups in total. The van der Waals surface area contributed by atoms with Crippen LogP contribution in [-0.2, 0) is 4.79 Å². The van der Waals surface area contributed by atoms with Crippen LogP contribution in [0.25, 0.3) is 0 Å². The molecule has 0 saturated heterocycles. The molecule has 0 heterocycles. The Labute approximate surface area is 178 Å². The number of nitro benzene ring substituents is 1. The molecule has 2 aromatic carbocycles. The van der Waals surface area contributed by atoms with Crippen LogP contribution in [0.1, 0.15) is 35.3 Å². The summed E-state index contributed by atoms with van der Waals surface area (Å²) >= 11 is 7.45. The summed E-state index contributed by atoms with van der Waals surface area (Å²) in [5.41, 5.74) is 0.836. The van der Waals surface area contributed by atoms with Gasteiger partial charge in [-0.3, -0.25) is 19.7 Å². The van der Waals surface area contributed by atoms with Gasteiger partial charge in [0.05, 0.1) is 11.0 Å². The van der Waals surface area contributed by atoms with Gasteiger partial charge in [0.2, 0.25) is 5.91 Å². The molecule has 0 radical (unpaired) electrons. The first kappa shape index (κ1) is 22.7. The number of nitrogens with zero attached hydrogens (tertiary/aromatic N) is 1. The normalized spacial score (nSPS) is 12.7. The fraction of sp³-hybridized carbons (Fsp3) is 0.300. The van der Waals surface area contributed by atoms with Gasteiger partial charge >= 0.3 is 0 Å². The lowest BCUT2D eigenvalue weighted by Gasteiger charge is -2.21. The summed E-state index contributed by atoms with van der Waals surface area (Å²) in [7, 11) is 0. The monoisotopic (exact) mass is 435 g/mol. The standard InChI is InChI=1S/C20H22ClN3O4S/c1-13(14-6-8-16(21)9-7-14)22-20(26)18(10-11-29-2)23-19(25)15-4-3-5-17(12-15)24(27)28/h3-9,12-13,18H,10-11H2,1-2H3,(H,22,26)(H,23,25). The van der Waals surface area contributed by atoms with E-state index in [-0.39, 0.29) is 23.2 Å². The van der Waals surface area contributed by atoms with Crippen LogP contribution in [0.3, 0.4) is 0 Å². The highest BCUT2D eigenvalue weighted by atomic mass is 35.5. The number of carbonyl (C=O) groups excluding carboxylic acids is 2. The fourth-order valence-corrected chi connectivity index (χ4v) is 3.25. The molecule has 7 nitrogen and oxygen atoms in total. The van der Waals surface area contributed by atoms with Crippen LogP contribution >= 0.6 is 23.4 Å². The molecule has 2 amide bonds. The number of amides is 2. The lowest BCUT2D eigenvalue weighted by molar-refractivity contribution is -0.384. The Bertz CT molecular complexity index is 876. The summed E-state index contributed by atoms with van der Waals surface area (Å²) in [6, 6.07) is 11.5. The number of carbonyl (C=O) groups is 2. The first-order chi connectivity index (χ1) is 13.8. The van der Waals surface area contributed by atoms with E-state index in [0.29, 0.717) is 17.2 Å². The van der Waals surface area contributed by atoms with Gasteiger partial charge in [-0.15, -0.1) is 0 Å². The minimum Gasteiger partial charge on any atom is -0.348 e. The van der Waals surface area contributed by atoms with Gasteiger partial charge in [0.25, 0.3) is 11.6 Å². The Hall–Kier alpha value is -2.58. The van der Waals surface area contributed by atoms with Crippen molar-refractivity contribution in [1.82, 2.24) is 10.6 Å². The van der Waals surface area contributed by atoms with Crippen LogP contribution in [-0.4, -0.2) is 34.8 Å². The molecular formula is C20H22ClN3O4S. The average molecular weight is 436 g/mol. The molecule has 154 valence electrons. The van der Waals surface area contributed by atoms with Gasteiger partial charge in [0, 0.05) is 22.7 Å². The minimum atomic E-state index is -0.760. The molecule has 9 heteroatoms. The van der Waals surface area contributed by atoms with E-state index in [9.17, 15) is 19.7 Å². The lowest BCUT2D eigenvalue weighted by atomic mass is 10.1. The number of non-ortho nitro benzene ring substituents is 1. The van der Waals surface area contributed by atoms with Crippen molar-refractivity contribution in [3.63, 3.8) is 0 Å². The van der Waals surface area contributed by atoms with E-state index >= 15 is 0 Å². The molecule has 0 spiro atoms. The van der Waals surface area contributed by atoms with E-state index in [1.165, 1.54) is 24.3 Å². The van der Waals surface area contributed by atoms with Crippen LogP contribution in [0.4, 0.5) is 5.69 Å². The van der Waals surface area contributed by atoms with Gasteiger partial charge in [-0.2, -0.15) is 11.8 Å². The van der Waals surface area contributed by atoms with Gasteiger partial charge in [-0.1, -0.05) is 29.8 Å². The summed E-state index contributed by atoms with van der Waals surface area (Å²) in [6.45, 7) is 1.84. The molecule has 2 rings (SSSR count). The first-order valence-corrected chi connectivity index (χ1v) is 10.7. The zero-order chi connectivity index (χ0) is 21.4. The van der Waals surface area contributed by atoms with Gasteiger partial charge in [0.15, 0.2) is 0 Å². The molecule has 2 unspecified atom stereocenters. The smallest absolute Gasteiger partial charge is 0.270 e. The van der Waals surface area contributed by atoms with Crippen molar-refractivity contribution in [2.45, 2.75) is 25.4 Å². The van der Waals surface area contributed by atoms with Gasteiger partial charge in [-0.05, 0) is 49.1 Å². The molecule has 0 aliphatic carbocycles. The van der Waals surface area contributed by atoms with Gasteiger partial charge < -0.3 is 10.6 Å². The predicted molar refractivity (Wildman–Crippen MR) is 115 cm³/mol. The minimum absolute atomic E-state index is 0.131. The van der Waals surface area contributed by atoms with Crippen LogP contribution in [0.5, 0.6) is 0 Å². The van der Waals surface area contributed by atoms with Crippen molar-refractivity contribution in [2.75, 3.05) is 12.0 Å². The Morgan fingerprint density at radius 2 is 1.86 bits per heavy atom. The number of hydrogen-bond donors (Lipinski definition) is 2. The average Bonchev–Trinajstić information content (AvgIpc) is 2.71. The quantitative estimate of drug-likeness (QED) is 0.458. The van der Waals surface area contributed by atoms with Crippen molar-refractivity contribution >= 4 is 40.9 Å². The van der Waals surface area contributed by atoms with E-state index in [4.69, 9.17) is 11.6 Å². The number of benzene rings is 2. The van der Waals surface area contributed by atoms with E-state index < -0.39 is 16.9 Å². The number of halogens is 1. The predicted octanol–water partition coefficient (Wildman–Crippen LogP) is 3.98. The molecule has 0 aromatic heterocycles. The van der Waals surface area contributed by atoms with E-state index in [2.05, 4.69) is 10.6 Å². The topological polar surface area (TPSA) is 101 Å². The summed E-state index contributed by atoms with van der Waals surface area (Å²) in [4.78, 5) is 35.7. The fourth-order valence-electron chi connectivity index (χ4n) is 2.66. The largest absolute Gasteiger partial charge is 0.348 e. The molecule has 2 atom stereocenters. The highest BCUT2D eigenvalue weighted by Gasteiger charge is 2.23. The summed E-state index contributed by atoms with van der Waals surface area (Å²) < 4.78 is 0. The second kappa shape index (κ2) is 10.8. The third-order valence-corrected chi connectivity index (χ3v) is 5.18. The number of nitro groups is 1. The van der Waals surface area contributed by atoms with Crippen molar-refractivity contribution in [2.24, 2.45) is 0 Å². The SMILES string of the molecule is CSCCC(NC(=O)c1cccc([N+](=O)[O-])c1)C(=O)NC(C)c1ccc(Cl)cc1. The molecule has 0 saturated carbocycles. The molecule has 29 heavy (non-hydrogen) atoms. The number of thioether (sulfide) groups is 1. The van der Waals surface area contributed by atoms with E-state index in [1.54, 1.807) is 23.9 Å². The second-order valence-electron chi connectivity index (χ2n) is 6.40. The Morgan fingerprint density at radius 3 is 2.48 bits per heavy atom. The molecule has 0 fully saturated rings. The van der Waals surface area contributed by atoms with Crippen LogP contribution in [0.15, 0.2) is 48.5 Å². The van der Waals surface area contributed by atoms with Crippen molar-refractivity contribution < 1.29 is 14.5 Å². The van der Waals surface area contributed by atoms with Crippen LogP contribution < -0.4 is 10.6 Å². The van der Waals surface area contributed by atoms with E-state index in [1.807, 2.05) is 25.3 Å². The highest BCUT2D eigenvalue weighted by molar-refractivity contribution is 7.98. The third kappa shape index (κ3) is 6.76.